The number of hydrogen-bond donors (Lipinski definition) is 1. The average molecular weight is 309 g/mol. The maximum absolute atomic E-state index is 12.6. The Bertz CT molecular complexity index is 387. The number of pyridine rings is 1. The molecule has 0 aliphatic rings. The van der Waals surface area contributed by atoms with Gasteiger partial charge in [0.25, 0.3) is 6.43 Å². The van der Waals surface area contributed by atoms with Crippen LogP contribution < -0.4 is 5.73 Å². The minimum absolute atomic E-state index is 0.0642. The number of anilines is 1. The summed E-state index contributed by atoms with van der Waals surface area (Å²) in [7, 11) is 0. The Kier molecular flexibility index (Phi) is 3.57. The average Bonchev–Trinajstić information content (AvgIpc) is 2.11. The largest absolute Gasteiger partial charge is 0.397 e. The van der Waals surface area contributed by atoms with E-state index < -0.39 is 6.43 Å². The van der Waals surface area contributed by atoms with Crippen LogP contribution in [0.15, 0.2) is 6.20 Å². The topological polar surface area (TPSA) is 62.7 Å². The van der Waals surface area contributed by atoms with Crippen LogP contribution >= 0.6 is 22.6 Å². The first kappa shape index (κ1) is 11.1. The van der Waals surface area contributed by atoms with Crippen molar-refractivity contribution in [3.05, 3.63) is 21.0 Å². The molecule has 0 saturated heterocycles. The summed E-state index contributed by atoms with van der Waals surface area (Å²) in [6, 6.07) is 1.81. The van der Waals surface area contributed by atoms with Crippen LogP contribution in [-0.4, -0.2) is 4.98 Å². The summed E-state index contributed by atoms with van der Waals surface area (Å²) in [6.07, 6.45) is -1.59. The van der Waals surface area contributed by atoms with Gasteiger partial charge in [-0.3, -0.25) is 0 Å². The molecule has 1 heterocycles. The molecule has 1 aromatic heterocycles. The van der Waals surface area contributed by atoms with Crippen molar-refractivity contribution in [2.75, 3.05) is 5.73 Å². The van der Waals surface area contributed by atoms with E-state index in [2.05, 4.69) is 4.98 Å². The van der Waals surface area contributed by atoms with Gasteiger partial charge in [-0.15, -0.1) is 0 Å². The van der Waals surface area contributed by atoms with E-state index in [1.165, 1.54) is 6.20 Å². The summed E-state index contributed by atoms with van der Waals surface area (Å²) in [5.74, 6) is 0. The van der Waals surface area contributed by atoms with E-state index in [1.54, 1.807) is 0 Å². The maximum atomic E-state index is 12.6. The maximum Gasteiger partial charge on any atom is 0.266 e. The number of nitriles is 1. The van der Waals surface area contributed by atoms with Gasteiger partial charge < -0.3 is 5.73 Å². The summed E-state index contributed by atoms with van der Waals surface area (Å²) in [4.78, 5) is 3.82. The molecule has 0 fully saturated rings. The number of nitrogen functional groups attached to an aromatic ring is 1. The van der Waals surface area contributed by atoms with Gasteiger partial charge in [0.05, 0.1) is 24.4 Å². The summed E-state index contributed by atoms with van der Waals surface area (Å²) >= 11 is 1.81. The third-order valence-electron chi connectivity index (χ3n) is 1.68. The van der Waals surface area contributed by atoms with Crippen molar-refractivity contribution in [3.8, 4) is 6.07 Å². The molecule has 6 heteroatoms. The lowest BCUT2D eigenvalue weighted by molar-refractivity contribution is 0.151. The van der Waals surface area contributed by atoms with Crippen LogP contribution in [-0.2, 0) is 6.42 Å². The molecule has 0 saturated carbocycles. The number of aromatic nitrogens is 1. The molecule has 0 amide bonds. The lowest BCUT2D eigenvalue weighted by atomic mass is 10.1. The van der Waals surface area contributed by atoms with Crippen LogP contribution in [0.25, 0.3) is 0 Å². The van der Waals surface area contributed by atoms with Crippen LogP contribution in [0.3, 0.4) is 0 Å². The first-order chi connectivity index (χ1) is 6.57. The normalized spacial score (nSPS) is 10.2. The van der Waals surface area contributed by atoms with Gasteiger partial charge in [0.1, 0.15) is 3.70 Å². The number of alkyl halides is 2. The van der Waals surface area contributed by atoms with Gasteiger partial charge in [0.2, 0.25) is 0 Å². The van der Waals surface area contributed by atoms with Gasteiger partial charge >= 0.3 is 0 Å². The Morgan fingerprint density at radius 1 is 1.64 bits per heavy atom. The fourth-order valence-corrected chi connectivity index (χ4v) is 1.68. The molecule has 0 aliphatic heterocycles. The number of rotatable bonds is 2. The molecule has 0 radical (unpaired) electrons. The molecule has 0 bridgehead atoms. The summed E-state index contributed by atoms with van der Waals surface area (Å²) in [5, 5.41) is 8.47. The number of nitrogens with zero attached hydrogens (tertiary/aromatic N) is 2. The predicted octanol–water partition coefficient (Wildman–Crippen LogP) is 2.27. The monoisotopic (exact) mass is 309 g/mol. The molecule has 0 aliphatic carbocycles. The highest BCUT2D eigenvalue weighted by atomic mass is 127. The molecule has 0 unspecified atom stereocenters. The van der Waals surface area contributed by atoms with Crippen molar-refractivity contribution in [1.29, 1.82) is 5.26 Å². The zero-order chi connectivity index (χ0) is 10.7. The van der Waals surface area contributed by atoms with Gasteiger partial charge in [0, 0.05) is 11.1 Å². The summed E-state index contributed by atoms with van der Waals surface area (Å²) in [6.45, 7) is 0. The Morgan fingerprint density at radius 2 is 2.29 bits per heavy atom. The SMILES string of the molecule is N#CCc1c(I)ncc(N)c1C(F)F. The Morgan fingerprint density at radius 3 is 2.79 bits per heavy atom. The molecule has 1 rings (SSSR count). The first-order valence-electron chi connectivity index (χ1n) is 3.65. The van der Waals surface area contributed by atoms with Crippen molar-refractivity contribution >= 4 is 28.3 Å². The quantitative estimate of drug-likeness (QED) is 0.673. The zero-order valence-corrected chi connectivity index (χ0v) is 9.12. The molecular formula is C8H6F2IN3. The fourth-order valence-electron chi connectivity index (χ4n) is 1.06. The summed E-state index contributed by atoms with van der Waals surface area (Å²) < 4.78 is 25.5. The predicted molar refractivity (Wildman–Crippen MR) is 55.6 cm³/mol. The van der Waals surface area contributed by atoms with Gasteiger partial charge in [-0.2, -0.15) is 5.26 Å². The van der Waals surface area contributed by atoms with E-state index in [4.69, 9.17) is 11.0 Å². The Balaban J connectivity index is 3.35. The number of halogens is 3. The molecule has 14 heavy (non-hydrogen) atoms. The van der Waals surface area contributed by atoms with Crippen LogP contribution in [0.5, 0.6) is 0 Å². The molecule has 1 aromatic rings. The lowest BCUT2D eigenvalue weighted by Gasteiger charge is -2.10. The van der Waals surface area contributed by atoms with Crippen molar-refractivity contribution in [1.82, 2.24) is 4.98 Å². The van der Waals surface area contributed by atoms with Gasteiger partial charge in [-0.25, -0.2) is 13.8 Å². The lowest BCUT2D eigenvalue weighted by Crippen LogP contribution is -2.04. The Labute approximate surface area is 93.1 Å². The highest BCUT2D eigenvalue weighted by Gasteiger charge is 2.19. The Hall–Kier alpha value is -0.970. The van der Waals surface area contributed by atoms with Gasteiger partial charge in [-0.1, -0.05) is 0 Å². The van der Waals surface area contributed by atoms with E-state index in [0.717, 1.165) is 0 Å². The highest BCUT2D eigenvalue weighted by molar-refractivity contribution is 14.1. The highest BCUT2D eigenvalue weighted by Crippen LogP contribution is 2.30. The first-order valence-corrected chi connectivity index (χ1v) is 4.73. The molecular weight excluding hydrogens is 303 g/mol. The molecule has 74 valence electrons. The van der Waals surface area contributed by atoms with E-state index in [1.807, 2.05) is 28.7 Å². The smallest absolute Gasteiger partial charge is 0.266 e. The van der Waals surface area contributed by atoms with Crippen molar-refractivity contribution in [2.45, 2.75) is 12.8 Å². The minimum Gasteiger partial charge on any atom is -0.397 e. The third kappa shape index (κ3) is 2.09. The van der Waals surface area contributed by atoms with Crippen LogP contribution in [0.1, 0.15) is 17.6 Å². The zero-order valence-electron chi connectivity index (χ0n) is 6.97. The van der Waals surface area contributed by atoms with E-state index in [0.29, 0.717) is 3.70 Å². The van der Waals surface area contributed by atoms with Gasteiger partial charge in [-0.05, 0) is 22.6 Å². The minimum atomic E-state index is -2.67. The molecule has 3 nitrogen and oxygen atoms in total. The summed E-state index contributed by atoms with van der Waals surface area (Å²) in [5.41, 5.74) is 5.25. The second-order valence-electron chi connectivity index (χ2n) is 2.53. The third-order valence-corrected chi connectivity index (χ3v) is 2.61. The molecule has 0 aromatic carbocycles. The molecule has 0 spiro atoms. The fraction of sp³-hybridized carbons (Fsp3) is 0.250. The number of hydrogen-bond acceptors (Lipinski definition) is 3. The van der Waals surface area contributed by atoms with Gasteiger partial charge in [0.15, 0.2) is 0 Å². The standard InChI is InChI=1S/C8H6F2IN3/c9-7(10)6-4(1-2-12)8(11)14-3-5(6)13/h3,7H,1,13H2. The van der Waals surface area contributed by atoms with Crippen LogP contribution in [0.4, 0.5) is 14.5 Å². The van der Waals surface area contributed by atoms with E-state index in [-0.39, 0.29) is 23.2 Å². The van der Waals surface area contributed by atoms with E-state index >= 15 is 0 Å². The van der Waals surface area contributed by atoms with Crippen molar-refractivity contribution < 1.29 is 8.78 Å². The van der Waals surface area contributed by atoms with Crippen LogP contribution in [0.2, 0.25) is 0 Å². The molecule has 0 atom stereocenters. The van der Waals surface area contributed by atoms with E-state index in [9.17, 15) is 8.78 Å². The molecule has 2 N–H and O–H groups in total. The second-order valence-corrected chi connectivity index (χ2v) is 3.55. The van der Waals surface area contributed by atoms with Crippen molar-refractivity contribution in [2.24, 2.45) is 0 Å². The van der Waals surface area contributed by atoms with Crippen LogP contribution in [0, 0.1) is 15.0 Å². The second kappa shape index (κ2) is 4.50. The van der Waals surface area contributed by atoms with Crippen molar-refractivity contribution in [3.63, 3.8) is 0 Å². The number of nitrogens with two attached hydrogens (primary N) is 1.